The number of aliphatic hydroxyl groups excluding tert-OH is 1. The smallest absolute Gasteiger partial charge is 0.463 e. The van der Waals surface area contributed by atoms with Crippen molar-refractivity contribution < 1.29 is 37.9 Å². The number of unbranched alkanes of at least 4 members (excludes halogenated alkanes) is 17. The van der Waals surface area contributed by atoms with E-state index in [1.165, 1.54) is 103 Å². The lowest BCUT2D eigenvalue weighted by Gasteiger charge is -2.15. The van der Waals surface area contributed by atoms with E-state index in [1.54, 1.807) is 6.08 Å². The van der Waals surface area contributed by atoms with Gasteiger partial charge in [0.1, 0.15) is 12.7 Å². The van der Waals surface area contributed by atoms with Crippen molar-refractivity contribution in [3.05, 3.63) is 97.2 Å². The van der Waals surface area contributed by atoms with E-state index in [0.29, 0.717) is 12.8 Å². The first-order chi connectivity index (χ1) is 30.8. The molecule has 1 amide bonds. The van der Waals surface area contributed by atoms with Crippen molar-refractivity contribution in [1.82, 2.24) is 5.32 Å². The Hall–Kier alpha value is -3.07. The van der Waals surface area contributed by atoms with Gasteiger partial charge in [-0.1, -0.05) is 201 Å². The molecular weight excluding hydrogens is 810 g/mol. The summed E-state index contributed by atoms with van der Waals surface area (Å²) in [6.45, 7) is 3.32. The van der Waals surface area contributed by atoms with Gasteiger partial charge in [0, 0.05) is 13.0 Å². The van der Waals surface area contributed by atoms with Crippen LogP contribution in [0, 0.1) is 0 Å². The number of rotatable bonds is 45. The topological polar surface area (TPSA) is 131 Å². The maximum absolute atomic E-state index is 12.1. The molecule has 0 heterocycles. The Morgan fingerprint density at radius 2 is 0.937 bits per heavy atom. The first kappa shape index (κ1) is 59.9. The highest BCUT2D eigenvalue weighted by atomic mass is 31.2. The Balaban J connectivity index is 3.69. The number of carbonyl (C=O) groups excluding carboxylic acids is 2. The van der Waals surface area contributed by atoms with Gasteiger partial charge in [0.25, 0.3) is 0 Å². The zero-order valence-corrected chi connectivity index (χ0v) is 40.6. The molecule has 0 aromatic heterocycles. The molecule has 2 atom stereocenters. The number of phosphoric acid groups is 1. The van der Waals surface area contributed by atoms with Crippen LogP contribution in [-0.2, 0) is 27.9 Å². The van der Waals surface area contributed by atoms with Gasteiger partial charge in [-0.15, -0.1) is 0 Å². The summed E-state index contributed by atoms with van der Waals surface area (Å²) in [5.74, 6) is -0.655. The molecule has 0 aliphatic heterocycles. The lowest BCUT2D eigenvalue weighted by molar-refractivity contribution is -0.146. The van der Waals surface area contributed by atoms with Crippen LogP contribution in [0.25, 0.3) is 0 Å². The molecule has 0 aromatic carbocycles. The Kier molecular flexibility index (Phi) is 46.0. The monoisotopic (exact) mass is 900 g/mol. The van der Waals surface area contributed by atoms with Crippen molar-refractivity contribution in [2.75, 3.05) is 26.4 Å². The van der Waals surface area contributed by atoms with Crippen LogP contribution in [0.15, 0.2) is 97.2 Å². The number of hydrogen-bond acceptors (Lipinski definition) is 7. The Labute approximate surface area is 385 Å². The van der Waals surface area contributed by atoms with E-state index in [-0.39, 0.29) is 32.1 Å². The molecule has 0 radical (unpaired) electrons. The average Bonchev–Trinajstić information content (AvgIpc) is 3.27. The molecular formula is C53H90NO8P. The zero-order chi connectivity index (χ0) is 46.0. The molecule has 63 heavy (non-hydrogen) atoms. The van der Waals surface area contributed by atoms with Crippen LogP contribution in [0.4, 0.5) is 0 Å². The summed E-state index contributed by atoms with van der Waals surface area (Å²) in [5.41, 5.74) is 0. The quantitative estimate of drug-likeness (QED) is 0.0238. The minimum absolute atomic E-state index is 0.0434. The zero-order valence-electron chi connectivity index (χ0n) is 39.7. The fraction of sp³-hybridized carbons (Fsp3) is 0.660. The van der Waals surface area contributed by atoms with Crippen molar-refractivity contribution >= 4 is 19.7 Å². The van der Waals surface area contributed by atoms with Crippen molar-refractivity contribution in [3.8, 4) is 0 Å². The van der Waals surface area contributed by atoms with Crippen molar-refractivity contribution in [3.63, 3.8) is 0 Å². The second-order valence-electron chi connectivity index (χ2n) is 16.1. The summed E-state index contributed by atoms with van der Waals surface area (Å²) in [4.78, 5) is 34.0. The van der Waals surface area contributed by atoms with Crippen LogP contribution in [-0.4, -0.2) is 54.3 Å². The molecule has 0 fully saturated rings. The number of ether oxygens (including phenoxy) is 1. The van der Waals surface area contributed by atoms with Gasteiger partial charge in [0.15, 0.2) is 0 Å². The third-order valence-electron chi connectivity index (χ3n) is 10.0. The van der Waals surface area contributed by atoms with Crippen molar-refractivity contribution in [2.45, 2.75) is 200 Å². The third-order valence-corrected chi connectivity index (χ3v) is 11.0. The molecule has 0 aliphatic rings. The van der Waals surface area contributed by atoms with E-state index < -0.39 is 26.5 Å². The van der Waals surface area contributed by atoms with Crippen LogP contribution >= 0.6 is 7.82 Å². The Morgan fingerprint density at radius 3 is 1.40 bits per heavy atom. The van der Waals surface area contributed by atoms with E-state index in [2.05, 4.69) is 98.2 Å². The second-order valence-corrected chi connectivity index (χ2v) is 17.5. The summed E-state index contributed by atoms with van der Waals surface area (Å²) in [5, 5.41) is 12.7. The van der Waals surface area contributed by atoms with Crippen molar-refractivity contribution in [1.29, 1.82) is 0 Å². The average molecular weight is 900 g/mol. The fourth-order valence-corrected chi connectivity index (χ4v) is 7.10. The van der Waals surface area contributed by atoms with Gasteiger partial charge in [-0.25, -0.2) is 4.57 Å². The number of allylic oxidation sites excluding steroid dienone is 15. The van der Waals surface area contributed by atoms with E-state index in [4.69, 9.17) is 13.8 Å². The molecule has 0 aliphatic carbocycles. The molecule has 360 valence electrons. The maximum atomic E-state index is 12.1. The molecule has 9 nitrogen and oxygen atoms in total. The van der Waals surface area contributed by atoms with Gasteiger partial charge in [-0.2, -0.15) is 0 Å². The van der Waals surface area contributed by atoms with Crippen LogP contribution in [0.5, 0.6) is 0 Å². The first-order valence-electron chi connectivity index (χ1n) is 24.7. The standard InChI is InChI=1S/C53H90NO8P/c1-3-5-7-9-11-13-15-17-19-21-23-25-27-29-31-33-35-37-39-41-43-45-52(56)54-47-48-61-63(58,59)62-50-51(55)49-60-53(57)46-44-42-40-38-36-34-32-30-28-26-24-22-20-18-16-14-12-10-8-6-4-2/h6,8,12,14,17-20,24,26,30,32,36,38,42,44,51,55H,3-5,7,9-11,13,15-16,21-23,25,27-29,31,33-35,37,39-41,43,45-50H2,1-2H3,(H,54,56)(H,58,59)/b8-6-,14-12-,19-17+,20-18-,26-24-,32-30-,38-36-,44-42-. The normalized spacial score (nSPS) is 14.0. The molecule has 0 bridgehead atoms. The molecule has 0 rings (SSSR count). The molecule has 0 saturated heterocycles. The van der Waals surface area contributed by atoms with Gasteiger partial charge < -0.3 is 20.1 Å². The van der Waals surface area contributed by atoms with Crippen LogP contribution in [0.1, 0.15) is 194 Å². The number of amides is 1. The highest BCUT2D eigenvalue weighted by molar-refractivity contribution is 7.47. The SMILES string of the molecule is CC/C=C\C/C=C\C/C=C\C/C=C\C/C=C\C/C=C\C/C=C\CC(=O)OCC(O)COP(=O)(O)OCCNC(=O)CCCCCCCCCCCCC/C=C/CCCCCCCC. The Morgan fingerprint density at radius 1 is 0.524 bits per heavy atom. The van der Waals surface area contributed by atoms with Crippen LogP contribution in [0.2, 0.25) is 0 Å². The van der Waals surface area contributed by atoms with Gasteiger partial charge in [0.05, 0.1) is 19.6 Å². The minimum atomic E-state index is -4.45. The van der Waals surface area contributed by atoms with Gasteiger partial charge in [-0.3, -0.25) is 18.6 Å². The van der Waals surface area contributed by atoms with Gasteiger partial charge >= 0.3 is 13.8 Å². The van der Waals surface area contributed by atoms with E-state index in [9.17, 15) is 24.2 Å². The maximum Gasteiger partial charge on any atom is 0.472 e. The third kappa shape index (κ3) is 49.8. The van der Waals surface area contributed by atoms with Gasteiger partial charge in [-0.05, 0) is 77.0 Å². The summed E-state index contributed by atoms with van der Waals surface area (Å²) in [6.07, 6.45) is 63.7. The highest BCUT2D eigenvalue weighted by Crippen LogP contribution is 2.42. The first-order valence-corrected chi connectivity index (χ1v) is 26.2. The predicted molar refractivity (Wildman–Crippen MR) is 265 cm³/mol. The molecule has 0 spiro atoms. The van der Waals surface area contributed by atoms with E-state index in [0.717, 1.165) is 57.8 Å². The number of hydrogen-bond donors (Lipinski definition) is 3. The van der Waals surface area contributed by atoms with E-state index >= 15 is 0 Å². The van der Waals surface area contributed by atoms with Crippen molar-refractivity contribution in [2.24, 2.45) is 0 Å². The van der Waals surface area contributed by atoms with Crippen LogP contribution < -0.4 is 5.32 Å². The summed E-state index contributed by atoms with van der Waals surface area (Å²) in [7, 11) is -4.45. The minimum Gasteiger partial charge on any atom is -0.463 e. The molecule has 3 N–H and O–H groups in total. The predicted octanol–water partition coefficient (Wildman–Crippen LogP) is 14.6. The van der Waals surface area contributed by atoms with Crippen LogP contribution in [0.3, 0.4) is 0 Å². The molecule has 2 unspecified atom stereocenters. The molecule has 10 heteroatoms. The number of carbonyl (C=O) groups is 2. The fourth-order valence-electron chi connectivity index (χ4n) is 6.34. The second kappa shape index (κ2) is 48.4. The Bertz CT molecular complexity index is 1350. The number of nitrogens with one attached hydrogen (secondary N) is 1. The van der Waals surface area contributed by atoms with Gasteiger partial charge in [0.2, 0.25) is 5.91 Å². The lowest BCUT2D eigenvalue weighted by Crippen LogP contribution is -2.27. The summed E-state index contributed by atoms with van der Waals surface area (Å²) < 4.78 is 26.9. The highest BCUT2D eigenvalue weighted by Gasteiger charge is 2.23. The molecule has 0 saturated carbocycles. The summed E-state index contributed by atoms with van der Waals surface area (Å²) in [6, 6.07) is 0. The summed E-state index contributed by atoms with van der Waals surface area (Å²) >= 11 is 0. The number of phosphoric ester groups is 1. The lowest BCUT2D eigenvalue weighted by atomic mass is 10.0. The molecule has 0 aromatic rings. The number of esters is 1. The number of aliphatic hydroxyl groups is 1. The van der Waals surface area contributed by atoms with E-state index in [1.807, 2.05) is 12.2 Å². The largest absolute Gasteiger partial charge is 0.472 e.